The summed E-state index contributed by atoms with van der Waals surface area (Å²) in [6, 6.07) is 14.9. The van der Waals surface area contributed by atoms with Gasteiger partial charge in [0.25, 0.3) is 0 Å². The molecule has 1 fully saturated rings. The van der Waals surface area contributed by atoms with E-state index in [1.54, 1.807) is 31.4 Å². The molecule has 8 nitrogen and oxygen atoms in total. The number of piperazine rings is 1. The molecular weight excluding hydrogens is 478 g/mol. The molecule has 3 aromatic rings. The SMILES string of the molecule is C=CC(=O)Nc1cc(Oc2nc(Nc3ccc(N4CCN(C)CC4)cc3OC)ccc2Cl)ccc1C. The number of benzene rings is 2. The number of aryl methyl sites for hydroxylation is 1. The van der Waals surface area contributed by atoms with Gasteiger partial charge in [0.15, 0.2) is 0 Å². The number of likely N-dealkylation sites (N-methyl/N-ethyl adjacent to an activating group) is 1. The molecule has 2 N–H and O–H groups in total. The van der Waals surface area contributed by atoms with Gasteiger partial charge in [-0.15, -0.1) is 0 Å². The topological polar surface area (TPSA) is 79.0 Å². The molecule has 1 saturated heterocycles. The molecule has 2 heterocycles. The molecule has 1 aliphatic rings. The summed E-state index contributed by atoms with van der Waals surface area (Å²) in [5.74, 6) is 1.68. The molecule has 0 radical (unpaired) electrons. The lowest BCUT2D eigenvalue weighted by Crippen LogP contribution is -2.44. The first-order valence-electron chi connectivity index (χ1n) is 11.6. The number of methoxy groups -OCH3 is 1. The number of hydrogen-bond donors (Lipinski definition) is 2. The number of ether oxygens (including phenoxy) is 2. The standard InChI is InChI=1S/C27H30ClN5O3/c1-5-26(34)30-23-17-20(8-6-18(23)2)36-27-21(28)9-11-25(31-27)29-22-10-7-19(16-24(22)35-4)33-14-12-32(3)13-15-33/h5-11,16-17H,1,12-15H2,2-4H3,(H,29,31)(H,30,34). The summed E-state index contributed by atoms with van der Waals surface area (Å²) >= 11 is 6.37. The highest BCUT2D eigenvalue weighted by molar-refractivity contribution is 6.31. The third-order valence-corrected chi connectivity index (χ3v) is 6.28. The number of halogens is 1. The highest BCUT2D eigenvalue weighted by Gasteiger charge is 2.17. The third-order valence-electron chi connectivity index (χ3n) is 6.00. The molecule has 0 spiro atoms. The average Bonchev–Trinajstić information content (AvgIpc) is 2.88. The molecule has 188 valence electrons. The Hall–Kier alpha value is -3.75. The van der Waals surface area contributed by atoms with E-state index in [4.69, 9.17) is 21.1 Å². The van der Waals surface area contributed by atoms with Crippen LogP contribution in [0.3, 0.4) is 0 Å². The Labute approximate surface area is 216 Å². The van der Waals surface area contributed by atoms with Crippen molar-refractivity contribution in [2.75, 3.05) is 55.9 Å². The molecule has 2 aromatic carbocycles. The van der Waals surface area contributed by atoms with E-state index in [9.17, 15) is 4.79 Å². The van der Waals surface area contributed by atoms with Crippen molar-refractivity contribution in [2.45, 2.75) is 6.92 Å². The van der Waals surface area contributed by atoms with Gasteiger partial charge in [0.2, 0.25) is 11.8 Å². The van der Waals surface area contributed by atoms with Gasteiger partial charge >= 0.3 is 0 Å². The van der Waals surface area contributed by atoms with E-state index in [0.717, 1.165) is 43.1 Å². The Morgan fingerprint density at radius 3 is 2.58 bits per heavy atom. The van der Waals surface area contributed by atoms with E-state index in [1.165, 1.54) is 6.08 Å². The van der Waals surface area contributed by atoms with Crippen molar-refractivity contribution >= 4 is 40.4 Å². The molecular formula is C27H30ClN5O3. The number of aromatic nitrogens is 1. The minimum atomic E-state index is -0.301. The summed E-state index contributed by atoms with van der Waals surface area (Å²) in [6.07, 6.45) is 1.21. The molecule has 0 atom stereocenters. The van der Waals surface area contributed by atoms with Crippen molar-refractivity contribution in [3.8, 4) is 17.4 Å². The van der Waals surface area contributed by atoms with E-state index in [-0.39, 0.29) is 11.8 Å². The number of anilines is 4. The number of carbonyl (C=O) groups excluding carboxylic acids is 1. The monoisotopic (exact) mass is 507 g/mol. The highest BCUT2D eigenvalue weighted by Crippen LogP contribution is 2.35. The lowest BCUT2D eigenvalue weighted by atomic mass is 10.2. The highest BCUT2D eigenvalue weighted by atomic mass is 35.5. The normalized spacial score (nSPS) is 13.7. The van der Waals surface area contributed by atoms with Gasteiger partial charge in [0.1, 0.15) is 22.3 Å². The van der Waals surface area contributed by atoms with Crippen LogP contribution < -0.4 is 25.0 Å². The van der Waals surface area contributed by atoms with Crippen LogP contribution in [-0.4, -0.2) is 56.1 Å². The lowest BCUT2D eigenvalue weighted by Gasteiger charge is -2.34. The number of rotatable bonds is 8. The van der Waals surface area contributed by atoms with Crippen LogP contribution in [0.5, 0.6) is 17.4 Å². The van der Waals surface area contributed by atoms with Crippen LogP contribution in [0.25, 0.3) is 0 Å². The molecule has 36 heavy (non-hydrogen) atoms. The fourth-order valence-corrected chi connectivity index (χ4v) is 3.99. The van der Waals surface area contributed by atoms with Crippen molar-refractivity contribution in [1.82, 2.24) is 9.88 Å². The first kappa shape index (κ1) is 25.3. The van der Waals surface area contributed by atoms with Gasteiger partial charge in [0.05, 0.1) is 12.8 Å². The van der Waals surface area contributed by atoms with Crippen LogP contribution >= 0.6 is 11.6 Å². The van der Waals surface area contributed by atoms with Crippen LogP contribution in [0, 0.1) is 6.92 Å². The Bertz CT molecular complexity index is 1260. The van der Waals surface area contributed by atoms with Crippen LogP contribution in [0.15, 0.2) is 61.2 Å². The fraction of sp³-hybridized carbons (Fsp3) is 0.259. The fourth-order valence-electron chi connectivity index (χ4n) is 3.84. The second-order valence-electron chi connectivity index (χ2n) is 8.56. The molecule has 0 aliphatic carbocycles. The molecule has 0 unspecified atom stereocenters. The van der Waals surface area contributed by atoms with Gasteiger partial charge in [-0.1, -0.05) is 24.2 Å². The largest absolute Gasteiger partial charge is 0.494 e. The molecule has 1 amide bonds. The second kappa shape index (κ2) is 11.3. The minimum Gasteiger partial charge on any atom is -0.494 e. The van der Waals surface area contributed by atoms with E-state index < -0.39 is 0 Å². The smallest absolute Gasteiger partial charge is 0.247 e. The quantitative estimate of drug-likeness (QED) is 0.392. The van der Waals surface area contributed by atoms with Crippen LogP contribution in [-0.2, 0) is 4.79 Å². The minimum absolute atomic E-state index is 0.236. The lowest BCUT2D eigenvalue weighted by molar-refractivity contribution is -0.111. The van der Waals surface area contributed by atoms with Gasteiger partial charge in [-0.3, -0.25) is 4.79 Å². The first-order valence-corrected chi connectivity index (χ1v) is 12.0. The third kappa shape index (κ3) is 6.08. The van der Waals surface area contributed by atoms with Crippen LogP contribution in [0.2, 0.25) is 5.02 Å². The molecule has 0 bridgehead atoms. The van der Waals surface area contributed by atoms with E-state index in [1.807, 2.05) is 25.1 Å². The second-order valence-corrected chi connectivity index (χ2v) is 8.96. The maximum Gasteiger partial charge on any atom is 0.247 e. The Balaban J connectivity index is 1.52. The molecule has 1 aromatic heterocycles. The van der Waals surface area contributed by atoms with Crippen molar-refractivity contribution in [2.24, 2.45) is 0 Å². The summed E-state index contributed by atoms with van der Waals surface area (Å²) in [5.41, 5.74) is 3.41. The molecule has 4 rings (SSSR count). The molecule has 0 saturated carbocycles. The van der Waals surface area contributed by atoms with Gasteiger partial charge in [0, 0.05) is 49.7 Å². The van der Waals surface area contributed by atoms with Crippen molar-refractivity contribution in [3.63, 3.8) is 0 Å². The summed E-state index contributed by atoms with van der Waals surface area (Å²) in [4.78, 5) is 20.9. The predicted octanol–water partition coefficient (Wildman–Crippen LogP) is 5.46. The van der Waals surface area contributed by atoms with E-state index in [2.05, 4.69) is 45.1 Å². The number of amides is 1. The number of pyridine rings is 1. The van der Waals surface area contributed by atoms with Crippen LogP contribution in [0.1, 0.15) is 5.56 Å². The number of carbonyl (C=O) groups is 1. The summed E-state index contributed by atoms with van der Waals surface area (Å²) in [5, 5.41) is 6.42. The predicted molar refractivity (Wildman–Crippen MR) is 145 cm³/mol. The first-order chi connectivity index (χ1) is 17.4. The number of nitrogens with zero attached hydrogens (tertiary/aromatic N) is 3. The Morgan fingerprint density at radius 1 is 1.08 bits per heavy atom. The summed E-state index contributed by atoms with van der Waals surface area (Å²) in [6.45, 7) is 9.39. The van der Waals surface area contributed by atoms with Crippen molar-refractivity contribution < 1.29 is 14.3 Å². The van der Waals surface area contributed by atoms with E-state index in [0.29, 0.717) is 28.0 Å². The summed E-state index contributed by atoms with van der Waals surface area (Å²) < 4.78 is 11.6. The Morgan fingerprint density at radius 2 is 1.86 bits per heavy atom. The zero-order valence-corrected chi connectivity index (χ0v) is 21.4. The van der Waals surface area contributed by atoms with Crippen molar-refractivity contribution in [1.29, 1.82) is 0 Å². The average molecular weight is 508 g/mol. The maximum atomic E-state index is 11.7. The number of hydrogen-bond acceptors (Lipinski definition) is 7. The van der Waals surface area contributed by atoms with E-state index >= 15 is 0 Å². The van der Waals surface area contributed by atoms with Gasteiger partial charge < -0.3 is 29.9 Å². The zero-order valence-electron chi connectivity index (χ0n) is 20.7. The molecule has 1 aliphatic heterocycles. The molecule has 9 heteroatoms. The number of nitrogens with one attached hydrogen (secondary N) is 2. The van der Waals surface area contributed by atoms with Gasteiger partial charge in [-0.25, -0.2) is 0 Å². The maximum absolute atomic E-state index is 11.7. The van der Waals surface area contributed by atoms with Crippen molar-refractivity contribution in [3.05, 3.63) is 71.8 Å². The van der Waals surface area contributed by atoms with Crippen LogP contribution in [0.4, 0.5) is 22.9 Å². The van der Waals surface area contributed by atoms with Gasteiger partial charge in [-0.05, 0) is 55.9 Å². The zero-order chi connectivity index (χ0) is 25.7. The Kier molecular flexibility index (Phi) is 7.97. The summed E-state index contributed by atoms with van der Waals surface area (Å²) in [7, 11) is 3.79. The van der Waals surface area contributed by atoms with Gasteiger partial charge in [-0.2, -0.15) is 4.98 Å².